The van der Waals surface area contributed by atoms with Crippen LogP contribution in [-0.4, -0.2) is 12.0 Å². The first-order valence-electron chi connectivity index (χ1n) is 4.95. The molecule has 2 rings (SSSR count). The summed E-state index contributed by atoms with van der Waals surface area (Å²) in [6.07, 6.45) is -0.508. The van der Waals surface area contributed by atoms with E-state index in [2.05, 4.69) is 5.32 Å². The summed E-state index contributed by atoms with van der Waals surface area (Å²) in [5.74, 6) is 0.407. The number of amides is 1. The number of carbonyl (C=O) groups is 1. The number of rotatable bonds is 1. The van der Waals surface area contributed by atoms with E-state index in [4.69, 9.17) is 27.9 Å². The van der Waals surface area contributed by atoms with Crippen molar-refractivity contribution in [1.29, 1.82) is 0 Å². The summed E-state index contributed by atoms with van der Waals surface area (Å²) in [4.78, 5) is 11.7. The van der Waals surface area contributed by atoms with Crippen molar-refractivity contribution in [2.75, 3.05) is 5.32 Å². The lowest BCUT2D eigenvalue weighted by atomic mass is 10.0. The topological polar surface area (TPSA) is 38.3 Å². The highest BCUT2D eigenvalue weighted by atomic mass is 35.5. The van der Waals surface area contributed by atoms with Crippen molar-refractivity contribution in [3.63, 3.8) is 0 Å². The zero-order chi connectivity index (χ0) is 11.9. The molecule has 0 aromatic heterocycles. The van der Waals surface area contributed by atoms with Crippen molar-refractivity contribution in [1.82, 2.24) is 0 Å². The van der Waals surface area contributed by atoms with Gasteiger partial charge in [0.1, 0.15) is 0 Å². The lowest BCUT2D eigenvalue weighted by molar-refractivity contribution is -0.125. The van der Waals surface area contributed by atoms with Crippen LogP contribution in [0.4, 0.5) is 5.69 Å². The summed E-state index contributed by atoms with van der Waals surface area (Å²) >= 11 is 11.8. The molecule has 1 aliphatic heterocycles. The van der Waals surface area contributed by atoms with Gasteiger partial charge in [0.2, 0.25) is 0 Å². The standard InChI is InChI=1S/C11H11Cl2NO2/c1-5(2)9-11(15)14-8-4-6(12)3-7(13)10(8)16-9/h3-5,9H,1-2H3,(H,14,15). The van der Waals surface area contributed by atoms with Crippen LogP contribution in [0.25, 0.3) is 0 Å². The van der Waals surface area contributed by atoms with E-state index in [0.29, 0.717) is 21.5 Å². The van der Waals surface area contributed by atoms with E-state index < -0.39 is 6.10 Å². The van der Waals surface area contributed by atoms with Crippen molar-refractivity contribution < 1.29 is 9.53 Å². The van der Waals surface area contributed by atoms with E-state index in [1.807, 2.05) is 13.8 Å². The largest absolute Gasteiger partial charge is 0.477 e. The van der Waals surface area contributed by atoms with Crippen molar-refractivity contribution in [3.8, 4) is 5.75 Å². The third-order valence-electron chi connectivity index (χ3n) is 2.37. The Bertz CT molecular complexity index is 446. The first-order chi connectivity index (χ1) is 7.49. The van der Waals surface area contributed by atoms with Crippen LogP contribution in [0, 0.1) is 5.92 Å². The molecule has 0 radical (unpaired) electrons. The Morgan fingerprint density at radius 1 is 1.38 bits per heavy atom. The molecule has 16 heavy (non-hydrogen) atoms. The Morgan fingerprint density at radius 2 is 2.06 bits per heavy atom. The molecule has 1 aromatic rings. The van der Waals surface area contributed by atoms with Gasteiger partial charge in [-0.05, 0) is 18.1 Å². The second-order valence-corrected chi connectivity index (χ2v) is 4.88. The molecule has 5 heteroatoms. The third-order valence-corrected chi connectivity index (χ3v) is 2.87. The molecule has 0 saturated heterocycles. The van der Waals surface area contributed by atoms with Crippen LogP contribution < -0.4 is 10.1 Å². The number of carbonyl (C=O) groups excluding carboxylic acids is 1. The molecule has 1 N–H and O–H groups in total. The van der Waals surface area contributed by atoms with Crippen LogP contribution in [0.5, 0.6) is 5.75 Å². The Labute approximate surface area is 104 Å². The summed E-state index contributed by atoms with van der Waals surface area (Å²) < 4.78 is 5.59. The van der Waals surface area contributed by atoms with Crippen molar-refractivity contribution in [2.45, 2.75) is 20.0 Å². The van der Waals surface area contributed by atoms with Gasteiger partial charge in [0.15, 0.2) is 11.9 Å². The Balaban J connectivity index is 2.43. The van der Waals surface area contributed by atoms with Gasteiger partial charge in [0, 0.05) is 5.02 Å². The number of benzene rings is 1. The fourth-order valence-electron chi connectivity index (χ4n) is 1.60. The quantitative estimate of drug-likeness (QED) is 0.840. The van der Waals surface area contributed by atoms with Crippen LogP contribution in [0.1, 0.15) is 13.8 Å². The highest BCUT2D eigenvalue weighted by Gasteiger charge is 2.31. The van der Waals surface area contributed by atoms with Gasteiger partial charge >= 0.3 is 0 Å². The number of hydrogen-bond donors (Lipinski definition) is 1. The van der Waals surface area contributed by atoms with Gasteiger partial charge < -0.3 is 10.1 Å². The van der Waals surface area contributed by atoms with E-state index in [-0.39, 0.29) is 11.8 Å². The van der Waals surface area contributed by atoms with E-state index in [9.17, 15) is 4.79 Å². The average Bonchev–Trinajstić information content (AvgIpc) is 2.15. The molecule has 1 atom stereocenters. The molecule has 3 nitrogen and oxygen atoms in total. The van der Waals surface area contributed by atoms with Gasteiger partial charge in [-0.3, -0.25) is 4.79 Å². The molecule has 0 saturated carbocycles. The minimum absolute atomic E-state index is 0.0832. The first-order valence-corrected chi connectivity index (χ1v) is 5.71. The van der Waals surface area contributed by atoms with Crippen LogP contribution in [-0.2, 0) is 4.79 Å². The van der Waals surface area contributed by atoms with Crippen molar-refractivity contribution >= 4 is 34.8 Å². The zero-order valence-corrected chi connectivity index (χ0v) is 10.4. The lowest BCUT2D eigenvalue weighted by Crippen LogP contribution is -2.40. The highest BCUT2D eigenvalue weighted by molar-refractivity contribution is 6.36. The summed E-state index contributed by atoms with van der Waals surface area (Å²) in [7, 11) is 0. The molecular weight excluding hydrogens is 249 g/mol. The SMILES string of the molecule is CC(C)C1Oc2c(Cl)cc(Cl)cc2NC1=O. The molecule has 1 aliphatic rings. The van der Waals surface area contributed by atoms with Gasteiger partial charge in [-0.15, -0.1) is 0 Å². The molecule has 86 valence electrons. The normalized spacial score (nSPS) is 19.1. The number of halogens is 2. The van der Waals surface area contributed by atoms with E-state index in [1.54, 1.807) is 12.1 Å². The second-order valence-electron chi connectivity index (χ2n) is 4.04. The predicted molar refractivity (Wildman–Crippen MR) is 64.3 cm³/mol. The van der Waals surface area contributed by atoms with Crippen LogP contribution in [0.2, 0.25) is 10.0 Å². The maximum absolute atomic E-state index is 11.7. The van der Waals surface area contributed by atoms with E-state index in [0.717, 1.165) is 0 Å². The zero-order valence-electron chi connectivity index (χ0n) is 8.88. The molecule has 0 fully saturated rings. The smallest absolute Gasteiger partial charge is 0.265 e. The van der Waals surface area contributed by atoms with Gasteiger partial charge in [0.25, 0.3) is 5.91 Å². The minimum Gasteiger partial charge on any atom is -0.477 e. The Kier molecular flexibility index (Phi) is 3.00. The van der Waals surface area contributed by atoms with Gasteiger partial charge in [-0.25, -0.2) is 0 Å². The van der Waals surface area contributed by atoms with Crippen LogP contribution in [0.15, 0.2) is 12.1 Å². The second kappa shape index (κ2) is 4.15. The average molecular weight is 260 g/mol. The van der Waals surface area contributed by atoms with Crippen molar-refractivity contribution in [2.24, 2.45) is 5.92 Å². The number of anilines is 1. The molecule has 0 aliphatic carbocycles. The summed E-state index contributed by atoms with van der Waals surface area (Å²) in [6, 6.07) is 3.22. The summed E-state index contributed by atoms with van der Waals surface area (Å²) in [6.45, 7) is 3.83. The number of ether oxygens (including phenoxy) is 1. The summed E-state index contributed by atoms with van der Waals surface area (Å²) in [5.41, 5.74) is 0.527. The molecule has 1 aromatic carbocycles. The molecule has 0 bridgehead atoms. The van der Waals surface area contributed by atoms with Gasteiger partial charge in [-0.1, -0.05) is 37.0 Å². The van der Waals surface area contributed by atoms with Gasteiger partial charge in [0.05, 0.1) is 10.7 Å². The Hall–Kier alpha value is -0.930. The highest BCUT2D eigenvalue weighted by Crippen LogP contribution is 2.40. The van der Waals surface area contributed by atoms with E-state index >= 15 is 0 Å². The third kappa shape index (κ3) is 1.97. The van der Waals surface area contributed by atoms with Crippen LogP contribution >= 0.6 is 23.2 Å². The number of fused-ring (bicyclic) bond motifs is 1. The monoisotopic (exact) mass is 259 g/mol. The fraction of sp³-hybridized carbons (Fsp3) is 0.364. The molecule has 1 amide bonds. The minimum atomic E-state index is -0.508. The van der Waals surface area contributed by atoms with E-state index in [1.165, 1.54) is 0 Å². The number of nitrogens with one attached hydrogen (secondary N) is 1. The first kappa shape index (κ1) is 11.6. The summed E-state index contributed by atoms with van der Waals surface area (Å²) in [5, 5.41) is 3.62. The van der Waals surface area contributed by atoms with Crippen molar-refractivity contribution in [3.05, 3.63) is 22.2 Å². The molecular formula is C11H11Cl2NO2. The maximum atomic E-state index is 11.7. The molecule has 0 spiro atoms. The number of hydrogen-bond acceptors (Lipinski definition) is 2. The maximum Gasteiger partial charge on any atom is 0.265 e. The molecule has 1 heterocycles. The van der Waals surface area contributed by atoms with Gasteiger partial charge in [-0.2, -0.15) is 0 Å². The lowest BCUT2D eigenvalue weighted by Gasteiger charge is -2.28. The fourth-order valence-corrected chi connectivity index (χ4v) is 2.13. The predicted octanol–water partition coefficient (Wildman–Crippen LogP) is 3.35. The molecule has 1 unspecified atom stereocenters. The van der Waals surface area contributed by atoms with Crippen LogP contribution in [0.3, 0.4) is 0 Å². The Morgan fingerprint density at radius 3 is 2.69 bits per heavy atom.